The first-order valence-electron chi connectivity index (χ1n) is 6.52. The molecule has 2 aromatic rings. The van der Waals surface area contributed by atoms with Gasteiger partial charge in [-0.25, -0.2) is 0 Å². The van der Waals surface area contributed by atoms with E-state index in [0.29, 0.717) is 17.2 Å². The summed E-state index contributed by atoms with van der Waals surface area (Å²) in [6, 6.07) is 5.80. The van der Waals surface area contributed by atoms with Gasteiger partial charge in [-0.2, -0.15) is 0 Å². The van der Waals surface area contributed by atoms with Gasteiger partial charge in [0.25, 0.3) is 0 Å². The van der Waals surface area contributed by atoms with Crippen LogP contribution in [0.1, 0.15) is 26.3 Å². The van der Waals surface area contributed by atoms with E-state index < -0.39 is 0 Å². The van der Waals surface area contributed by atoms with Crippen LogP contribution in [0.25, 0.3) is 0 Å². The van der Waals surface area contributed by atoms with Crippen LogP contribution >= 0.6 is 22.9 Å². The Morgan fingerprint density at radius 2 is 1.43 bits per heavy atom. The molecule has 0 aliphatic rings. The molecule has 0 amide bonds. The fourth-order valence-corrected chi connectivity index (χ4v) is 3.75. The molecular formula is C16H19ClO3S. The highest BCUT2D eigenvalue weighted by Gasteiger charge is 2.22. The molecule has 0 saturated carbocycles. The van der Waals surface area contributed by atoms with Gasteiger partial charge in [-0.1, -0.05) is 0 Å². The van der Waals surface area contributed by atoms with E-state index in [1.54, 1.807) is 38.7 Å². The molecule has 0 N–H and O–H groups in total. The molecule has 1 aromatic carbocycles. The van der Waals surface area contributed by atoms with E-state index in [1.807, 2.05) is 6.07 Å². The zero-order chi connectivity index (χ0) is 15.6. The number of benzene rings is 1. The van der Waals surface area contributed by atoms with E-state index in [2.05, 4.69) is 19.9 Å². The molecule has 114 valence electrons. The molecule has 1 unspecified atom stereocenters. The summed E-state index contributed by atoms with van der Waals surface area (Å²) in [5.74, 6) is 1.96. The fourth-order valence-electron chi connectivity index (χ4n) is 2.32. The average Bonchev–Trinajstić information content (AvgIpc) is 2.83. The van der Waals surface area contributed by atoms with Gasteiger partial charge in [0, 0.05) is 21.4 Å². The third-order valence-corrected chi connectivity index (χ3v) is 4.81. The fraction of sp³-hybridized carbons (Fsp3) is 0.375. The van der Waals surface area contributed by atoms with Gasteiger partial charge in [0.15, 0.2) is 11.5 Å². The largest absolute Gasteiger partial charge is 0.496 e. The summed E-state index contributed by atoms with van der Waals surface area (Å²) in [5, 5.41) is -0.287. The monoisotopic (exact) mass is 326 g/mol. The number of ether oxygens (including phenoxy) is 3. The van der Waals surface area contributed by atoms with Gasteiger partial charge < -0.3 is 14.2 Å². The normalized spacial score (nSPS) is 12.1. The maximum absolute atomic E-state index is 6.69. The summed E-state index contributed by atoms with van der Waals surface area (Å²) >= 11 is 8.43. The molecule has 3 nitrogen and oxygen atoms in total. The van der Waals surface area contributed by atoms with Crippen LogP contribution < -0.4 is 14.2 Å². The number of methoxy groups -OCH3 is 3. The van der Waals surface area contributed by atoms with Crippen molar-refractivity contribution in [3.8, 4) is 17.2 Å². The number of halogens is 1. The Kier molecular flexibility index (Phi) is 5.01. The van der Waals surface area contributed by atoms with Crippen LogP contribution in [0.5, 0.6) is 17.2 Å². The summed E-state index contributed by atoms with van der Waals surface area (Å²) in [6.07, 6.45) is 0. The molecule has 0 saturated heterocycles. The third-order valence-electron chi connectivity index (χ3n) is 3.36. The topological polar surface area (TPSA) is 27.7 Å². The average molecular weight is 327 g/mol. The van der Waals surface area contributed by atoms with Gasteiger partial charge >= 0.3 is 0 Å². The molecule has 2 rings (SSSR count). The second-order valence-electron chi connectivity index (χ2n) is 4.68. The van der Waals surface area contributed by atoms with Crippen LogP contribution in [0.3, 0.4) is 0 Å². The van der Waals surface area contributed by atoms with E-state index in [-0.39, 0.29) is 5.38 Å². The minimum absolute atomic E-state index is 0.287. The van der Waals surface area contributed by atoms with E-state index in [0.717, 1.165) is 11.1 Å². The van der Waals surface area contributed by atoms with E-state index >= 15 is 0 Å². The first-order valence-corrected chi connectivity index (χ1v) is 7.78. The highest BCUT2D eigenvalue weighted by atomic mass is 35.5. The SMILES string of the molecule is COc1cc(OC)c(C(Cl)c2cc(C)sc2C)cc1OC. The Bertz CT molecular complexity index is 637. The second kappa shape index (κ2) is 6.58. The number of alkyl halides is 1. The molecule has 1 atom stereocenters. The van der Waals surface area contributed by atoms with Gasteiger partial charge in [0.2, 0.25) is 0 Å². The molecule has 0 aliphatic heterocycles. The minimum Gasteiger partial charge on any atom is -0.496 e. The first-order chi connectivity index (χ1) is 10.0. The smallest absolute Gasteiger partial charge is 0.164 e. The van der Waals surface area contributed by atoms with Crippen molar-refractivity contribution in [2.24, 2.45) is 0 Å². The van der Waals surface area contributed by atoms with Crippen LogP contribution in [-0.2, 0) is 0 Å². The lowest BCUT2D eigenvalue weighted by molar-refractivity contribution is 0.347. The first kappa shape index (κ1) is 16.0. The predicted octanol–water partition coefficient (Wildman–Crippen LogP) is 4.72. The summed E-state index contributed by atoms with van der Waals surface area (Å²) in [5.41, 5.74) is 1.97. The number of rotatable bonds is 5. The Morgan fingerprint density at radius 3 is 1.90 bits per heavy atom. The van der Waals surface area contributed by atoms with Crippen molar-refractivity contribution >= 4 is 22.9 Å². The molecule has 0 fully saturated rings. The quantitative estimate of drug-likeness (QED) is 0.744. The zero-order valence-electron chi connectivity index (χ0n) is 12.8. The highest BCUT2D eigenvalue weighted by Crippen LogP contribution is 2.43. The van der Waals surface area contributed by atoms with Crippen molar-refractivity contribution < 1.29 is 14.2 Å². The molecular weight excluding hydrogens is 308 g/mol. The lowest BCUT2D eigenvalue weighted by Gasteiger charge is -2.17. The molecule has 1 heterocycles. The van der Waals surface area contributed by atoms with Crippen LogP contribution in [0.4, 0.5) is 0 Å². The number of hydrogen-bond donors (Lipinski definition) is 0. The molecule has 0 spiro atoms. The van der Waals surface area contributed by atoms with E-state index in [1.165, 1.54) is 9.75 Å². The lowest BCUT2D eigenvalue weighted by Crippen LogP contribution is -2.00. The maximum atomic E-state index is 6.69. The van der Waals surface area contributed by atoms with Crippen LogP contribution in [0.15, 0.2) is 18.2 Å². The Balaban J connectivity index is 2.53. The Labute approximate surface area is 134 Å². The van der Waals surface area contributed by atoms with Crippen LogP contribution in [0, 0.1) is 13.8 Å². The van der Waals surface area contributed by atoms with Gasteiger partial charge in [-0.15, -0.1) is 22.9 Å². The number of thiophene rings is 1. The van der Waals surface area contributed by atoms with Gasteiger partial charge in [0.1, 0.15) is 5.75 Å². The van der Waals surface area contributed by atoms with Crippen molar-refractivity contribution in [3.63, 3.8) is 0 Å². The maximum Gasteiger partial charge on any atom is 0.164 e. The Morgan fingerprint density at radius 1 is 0.857 bits per heavy atom. The lowest BCUT2D eigenvalue weighted by atomic mass is 10.0. The Hall–Kier alpha value is -1.39. The number of aryl methyl sites for hydroxylation is 2. The van der Waals surface area contributed by atoms with Gasteiger partial charge in [-0.05, 0) is 31.5 Å². The van der Waals surface area contributed by atoms with E-state index in [4.69, 9.17) is 25.8 Å². The van der Waals surface area contributed by atoms with Crippen LogP contribution in [0.2, 0.25) is 0 Å². The van der Waals surface area contributed by atoms with Crippen LogP contribution in [-0.4, -0.2) is 21.3 Å². The molecule has 1 aromatic heterocycles. The molecule has 21 heavy (non-hydrogen) atoms. The summed E-state index contributed by atoms with van der Waals surface area (Å²) in [7, 11) is 4.83. The van der Waals surface area contributed by atoms with Crippen molar-refractivity contribution in [3.05, 3.63) is 39.1 Å². The molecule has 0 aliphatic carbocycles. The van der Waals surface area contributed by atoms with Crippen molar-refractivity contribution in [1.29, 1.82) is 0 Å². The second-order valence-corrected chi connectivity index (χ2v) is 6.58. The van der Waals surface area contributed by atoms with Gasteiger partial charge in [0.05, 0.1) is 26.7 Å². The zero-order valence-corrected chi connectivity index (χ0v) is 14.4. The van der Waals surface area contributed by atoms with E-state index in [9.17, 15) is 0 Å². The van der Waals surface area contributed by atoms with Crippen molar-refractivity contribution in [2.75, 3.05) is 21.3 Å². The van der Waals surface area contributed by atoms with Crippen molar-refractivity contribution in [2.45, 2.75) is 19.2 Å². The van der Waals surface area contributed by atoms with Gasteiger partial charge in [-0.3, -0.25) is 0 Å². The predicted molar refractivity (Wildman–Crippen MR) is 87.6 cm³/mol. The summed E-state index contributed by atoms with van der Waals surface area (Å²) in [4.78, 5) is 2.46. The minimum atomic E-state index is -0.287. The standard InChI is InChI=1S/C16H19ClO3S/c1-9-6-11(10(2)21-9)16(17)12-7-14(19-4)15(20-5)8-13(12)18-3/h6-8,16H,1-5H3. The highest BCUT2D eigenvalue weighted by molar-refractivity contribution is 7.12. The third kappa shape index (κ3) is 3.11. The molecule has 5 heteroatoms. The summed E-state index contributed by atoms with van der Waals surface area (Å²) in [6.45, 7) is 4.16. The molecule has 0 bridgehead atoms. The number of hydrogen-bond acceptors (Lipinski definition) is 4. The molecule has 0 radical (unpaired) electrons. The van der Waals surface area contributed by atoms with Crippen molar-refractivity contribution in [1.82, 2.24) is 0 Å². The summed E-state index contributed by atoms with van der Waals surface area (Å²) < 4.78 is 16.1.